The first-order valence-corrected chi connectivity index (χ1v) is 21.8. The van der Waals surface area contributed by atoms with Crippen LogP contribution < -0.4 is 20.4 Å². The van der Waals surface area contributed by atoms with Crippen molar-refractivity contribution < 1.29 is 23.0 Å². The largest absolute Gasteiger partial charge is 0.426 e. The maximum atomic E-state index is 7.70. The summed E-state index contributed by atoms with van der Waals surface area (Å²) >= 11 is 0. The van der Waals surface area contributed by atoms with Crippen molar-refractivity contribution in [3.8, 4) is 5.75 Å². The minimum Gasteiger partial charge on any atom is -0.426 e. The summed E-state index contributed by atoms with van der Waals surface area (Å²) in [7, 11) is -3.28. The van der Waals surface area contributed by atoms with Crippen molar-refractivity contribution in [3.05, 3.63) is 228 Å². The second-order valence-corrected chi connectivity index (χ2v) is 18.0. The van der Waals surface area contributed by atoms with Crippen molar-refractivity contribution in [1.29, 1.82) is 0 Å². The van der Waals surface area contributed by atoms with Crippen LogP contribution in [0.15, 0.2) is 200 Å². The molecule has 2 atom stereocenters. The lowest BCUT2D eigenvalue weighted by Gasteiger charge is -2.41. The molecule has 2 unspecified atom stereocenters. The molecule has 7 aromatic rings. The van der Waals surface area contributed by atoms with Crippen LogP contribution in [0.2, 0.25) is 0 Å². The van der Waals surface area contributed by atoms with E-state index in [1.54, 1.807) is 0 Å². The zero-order chi connectivity index (χ0) is 38.9. The third-order valence-electron chi connectivity index (χ3n) is 10.8. The molecule has 7 aromatic carbocycles. The number of fused-ring (bicyclic) bond motifs is 1. The summed E-state index contributed by atoms with van der Waals surface area (Å²) in [5.74, 6) is -0.251. The summed E-state index contributed by atoms with van der Waals surface area (Å²) in [6.45, 7) is 6.04. The molecular weight excluding hydrogens is 742 g/mol. The van der Waals surface area contributed by atoms with Crippen molar-refractivity contribution >= 4 is 32.4 Å². The van der Waals surface area contributed by atoms with Crippen LogP contribution in [0.25, 0.3) is 0 Å². The van der Waals surface area contributed by atoms with Crippen molar-refractivity contribution in [2.45, 2.75) is 50.0 Å². The average molecular weight is 787 g/mol. The molecular formula is C50H44O5P2. The first kappa shape index (κ1) is 37.6. The summed E-state index contributed by atoms with van der Waals surface area (Å²) in [6.07, 6.45) is -1.40. The van der Waals surface area contributed by atoms with E-state index in [2.05, 4.69) is 134 Å². The lowest BCUT2D eigenvalue weighted by molar-refractivity contribution is -0.175. The third-order valence-corrected chi connectivity index (χ3v) is 14.4. The van der Waals surface area contributed by atoms with Crippen LogP contribution in [0.4, 0.5) is 0 Å². The van der Waals surface area contributed by atoms with Crippen molar-refractivity contribution in [2.75, 3.05) is 0 Å². The van der Waals surface area contributed by atoms with Gasteiger partial charge in [0.05, 0.1) is 0 Å². The highest BCUT2D eigenvalue weighted by Gasteiger charge is 2.67. The lowest BCUT2D eigenvalue weighted by atomic mass is 9.72. The third kappa shape index (κ3) is 6.94. The standard InChI is InChI=1S/C50H44O5P2/c1-37-23-22-36-44(56(42-32-18-8-19-33-42)43-34-20-9-21-35-43)45(37)53-57-54-49(38-24-10-4-11-25-38,39-26-12-5-13-27-39)46-47(52-48(2,3)51-46)50(55-57,40-28-14-6-15-29-40)41-30-16-7-17-31-41/h4-36,46-47H,1-3H3. The maximum Gasteiger partial charge on any atom is 0.399 e. The molecule has 0 aromatic heterocycles. The Kier molecular flexibility index (Phi) is 10.4. The molecule has 0 saturated carbocycles. The topological polar surface area (TPSA) is 46.2 Å². The summed E-state index contributed by atoms with van der Waals surface area (Å²) in [5, 5.41) is 3.51. The fourth-order valence-corrected chi connectivity index (χ4v) is 12.4. The molecule has 284 valence electrons. The maximum absolute atomic E-state index is 7.70. The van der Waals surface area contributed by atoms with Gasteiger partial charge in [-0.25, -0.2) is 0 Å². The van der Waals surface area contributed by atoms with E-state index < -0.39 is 45.7 Å². The number of ether oxygens (including phenoxy) is 2. The Labute approximate surface area is 338 Å². The van der Waals surface area contributed by atoms with E-state index in [-0.39, 0.29) is 0 Å². The van der Waals surface area contributed by atoms with Gasteiger partial charge in [0.1, 0.15) is 18.0 Å². The van der Waals surface area contributed by atoms with Gasteiger partial charge in [-0.3, -0.25) is 9.05 Å². The van der Waals surface area contributed by atoms with Gasteiger partial charge < -0.3 is 14.0 Å². The predicted molar refractivity (Wildman–Crippen MR) is 231 cm³/mol. The minimum absolute atomic E-state index is 0.698. The minimum atomic E-state index is -2.25. The molecule has 0 amide bonds. The van der Waals surface area contributed by atoms with Crippen molar-refractivity contribution in [1.82, 2.24) is 0 Å². The molecule has 0 spiro atoms. The monoisotopic (exact) mass is 786 g/mol. The Morgan fingerprint density at radius 3 is 1.18 bits per heavy atom. The van der Waals surface area contributed by atoms with Crippen molar-refractivity contribution in [3.63, 3.8) is 0 Å². The van der Waals surface area contributed by atoms with Crippen LogP contribution in [-0.4, -0.2) is 18.0 Å². The first-order valence-electron chi connectivity index (χ1n) is 19.3. The average Bonchev–Trinajstić information content (AvgIpc) is 3.54. The highest BCUT2D eigenvalue weighted by Crippen LogP contribution is 2.65. The highest BCUT2D eigenvalue weighted by molar-refractivity contribution is 7.80. The Balaban J connectivity index is 1.32. The molecule has 9 rings (SSSR count). The van der Waals surface area contributed by atoms with Crippen LogP contribution in [0, 0.1) is 6.92 Å². The van der Waals surface area contributed by atoms with E-state index in [1.165, 1.54) is 10.6 Å². The van der Waals surface area contributed by atoms with Gasteiger partial charge in [-0.2, -0.15) is 0 Å². The Morgan fingerprint density at radius 2 is 0.807 bits per heavy atom. The second-order valence-electron chi connectivity index (χ2n) is 14.8. The molecule has 57 heavy (non-hydrogen) atoms. The van der Waals surface area contributed by atoms with Gasteiger partial charge in [0, 0.05) is 5.30 Å². The fraction of sp³-hybridized carbons (Fsp3) is 0.160. The lowest BCUT2D eigenvalue weighted by Crippen LogP contribution is -2.53. The van der Waals surface area contributed by atoms with Crippen molar-refractivity contribution in [2.24, 2.45) is 0 Å². The quantitative estimate of drug-likeness (QED) is 0.136. The molecule has 0 N–H and O–H groups in total. The van der Waals surface area contributed by atoms with Gasteiger partial charge in [-0.15, -0.1) is 0 Å². The molecule has 0 bridgehead atoms. The van der Waals surface area contributed by atoms with Gasteiger partial charge in [-0.05, 0) is 67.1 Å². The zero-order valence-corrected chi connectivity index (χ0v) is 33.9. The van der Waals surface area contributed by atoms with E-state index in [0.29, 0.717) is 0 Å². The van der Waals surface area contributed by atoms with Gasteiger partial charge in [-0.1, -0.05) is 200 Å². The number of aryl methyl sites for hydroxylation is 1. The van der Waals surface area contributed by atoms with Crippen LogP contribution in [0.5, 0.6) is 5.75 Å². The fourth-order valence-electron chi connectivity index (χ4n) is 8.28. The molecule has 2 fully saturated rings. The van der Waals surface area contributed by atoms with Crippen LogP contribution in [-0.2, 0) is 29.7 Å². The molecule has 0 aliphatic carbocycles. The zero-order valence-electron chi connectivity index (χ0n) is 32.1. The number of para-hydroxylation sites is 1. The van der Waals surface area contributed by atoms with E-state index in [9.17, 15) is 0 Å². The Hall–Kier alpha value is -4.96. The van der Waals surface area contributed by atoms with E-state index >= 15 is 0 Å². The predicted octanol–water partition coefficient (Wildman–Crippen LogP) is 10.8. The van der Waals surface area contributed by atoms with Crippen LogP contribution >= 0.6 is 16.5 Å². The molecule has 2 aliphatic heterocycles. The van der Waals surface area contributed by atoms with E-state index in [4.69, 9.17) is 23.0 Å². The van der Waals surface area contributed by atoms with Gasteiger partial charge in [0.2, 0.25) is 0 Å². The first-order chi connectivity index (χ1) is 27.9. The van der Waals surface area contributed by atoms with Crippen LogP contribution in [0.1, 0.15) is 41.7 Å². The summed E-state index contributed by atoms with van der Waals surface area (Å²) in [6, 6.07) is 69.1. The Bertz CT molecular complexity index is 2180. The second kappa shape index (κ2) is 15.8. The molecule has 0 radical (unpaired) electrons. The van der Waals surface area contributed by atoms with Gasteiger partial charge >= 0.3 is 8.60 Å². The smallest absolute Gasteiger partial charge is 0.399 e. The number of hydrogen-bond donors (Lipinski definition) is 0. The van der Waals surface area contributed by atoms with E-state index in [0.717, 1.165) is 38.9 Å². The summed E-state index contributed by atoms with van der Waals surface area (Å²) in [4.78, 5) is 0. The number of rotatable bonds is 9. The summed E-state index contributed by atoms with van der Waals surface area (Å²) < 4.78 is 37.2. The highest BCUT2D eigenvalue weighted by atomic mass is 31.2. The van der Waals surface area contributed by atoms with Gasteiger partial charge in [0.15, 0.2) is 17.0 Å². The van der Waals surface area contributed by atoms with Crippen LogP contribution in [0.3, 0.4) is 0 Å². The molecule has 2 aliphatic rings. The van der Waals surface area contributed by atoms with E-state index in [1.807, 2.05) is 86.6 Å². The molecule has 2 heterocycles. The molecule has 5 nitrogen and oxygen atoms in total. The molecule has 7 heteroatoms. The normalized spacial score (nSPS) is 20.7. The summed E-state index contributed by atoms with van der Waals surface area (Å²) in [5.41, 5.74) is 2.15. The SMILES string of the molecule is Cc1cccc(P(c2ccccc2)c2ccccc2)c1OP1OC(c2ccccc2)(c2ccccc2)C2OC(C)(C)OC2C(c2ccccc2)(c2ccccc2)O1. The Morgan fingerprint density at radius 1 is 0.456 bits per heavy atom. The van der Waals surface area contributed by atoms with Gasteiger partial charge in [0.25, 0.3) is 0 Å². The number of hydrogen-bond acceptors (Lipinski definition) is 5. The number of benzene rings is 7. The molecule has 2 saturated heterocycles.